The van der Waals surface area contributed by atoms with Gasteiger partial charge >= 0.3 is 0 Å². The Morgan fingerprint density at radius 1 is 0.930 bits per heavy atom. The topological polar surface area (TPSA) is 84.2 Å². The predicted octanol–water partition coefficient (Wildman–Crippen LogP) is 5.28. The van der Waals surface area contributed by atoms with Crippen LogP contribution in [0.3, 0.4) is 0 Å². The van der Waals surface area contributed by atoms with Crippen LogP contribution >= 0.6 is 11.8 Å². The van der Waals surface area contributed by atoms with Crippen molar-refractivity contribution < 1.29 is 13.6 Å². The second-order valence-electron chi connectivity index (χ2n) is 10.1. The molecule has 4 rings (SSSR count). The molecule has 0 aliphatic heterocycles. The van der Waals surface area contributed by atoms with Crippen LogP contribution in [-0.4, -0.2) is 61.4 Å². The molecule has 0 radical (unpaired) electrons. The summed E-state index contributed by atoms with van der Waals surface area (Å²) in [4.78, 5) is 43.4. The van der Waals surface area contributed by atoms with Crippen LogP contribution < -0.4 is 5.56 Å². The van der Waals surface area contributed by atoms with Gasteiger partial charge in [-0.25, -0.2) is 18.7 Å². The van der Waals surface area contributed by atoms with Crippen LogP contribution in [0.2, 0.25) is 0 Å². The Morgan fingerprint density at radius 2 is 1.58 bits per heavy atom. The average molecular weight is 607 g/mol. The van der Waals surface area contributed by atoms with E-state index in [0.29, 0.717) is 47.5 Å². The number of likely N-dealkylation sites (N-methyl/N-ethyl adjacent to an activating group) is 1. The zero-order valence-corrected chi connectivity index (χ0v) is 25.5. The number of amides is 1. The van der Waals surface area contributed by atoms with Gasteiger partial charge in [0.05, 0.1) is 0 Å². The lowest BCUT2D eigenvalue weighted by atomic mass is 10.1. The second kappa shape index (κ2) is 15.5. The van der Waals surface area contributed by atoms with Crippen molar-refractivity contribution in [3.8, 4) is 11.4 Å². The number of rotatable bonds is 14. The molecule has 0 fully saturated rings. The van der Waals surface area contributed by atoms with Crippen molar-refractivity contribution in [1.82, 2.24) is 29.3 Å². The van der Waals surface area contributed by atoms with E-state index in [9.17, 15) is 18.4 Å². The number of hydrogen-bond donors (Lipinski definition) is 0. The molecule has 0 bridgehead atoms. The van der Waals surface area contributed by atoms with Crippen molar-refractivity contribution >= 4 is 17.7 Å². The van der Waals surface area contributed by atoms with Gasteiger partial charge in [0.25, 0.3) is 5.56 Å². The highest BCUT2D eigenvalue weighted by atomic mass is 32.2. The molecule has 2 aromatic heterocycles. The van der Waals surface area contributed by atoms with E-state index in [4.69, 9.17) is 0 Å². The molecule has 0 aliphatic carbocycles. The Labute approximate surface area is 254 Å². The molecule has 0 unspecified atom stereocenters. The number of alkyl halides is 1. The van der Waals surface area contributed by atoms with Crippen LogP contribution in [0.5, 0.6) is 0 Å². The van der Waals surface area contributed by atoms with E-state index in [1.807, 2.05) is 0 Å². The molecule has 2 aromatic carbocycles. The number of aromatic nitrogens is 4. The number of nitrogens with zero attached hydrogens (tertiary/aromatic N) is 6. The molecule has 0 N–H and O–H groups in total. The van der Waals surface area contributed by atoms with E-state index in [2.05, 4.69) is 33.7 Å². The number of carbonyl (C=O) groups is 1. The summed E-state index contributed by atoms with van der Waals surface area (Å²) in [7, 11) is 0. The Morgan fingerprint density at radius 3 is 2.21 bits per heavy atom. The first kappa shape index (κ1) is 32.0. The smallest absolute Gasteiger partial charge is 0.276 e. The number of hydrogen-bond acceptors (Lipinski definition) is 7. The Bertz CT molecular complexity index is 1540. The highest BCUT2D eigenvalue weighted by Crippen LogP contribution is 2.21. The van der Waals surface area contributed by atoms with E-state index in [-0.39, 0.29) is 23.8 Å². The number of halogens is 2. The largest absolute Gasteiger partial charge is 0.335 e. The molecule has 1 amide bonds. The summed E-state index contributed by atoms with van der Waals surface area (Å²) in [5.41, 5.74) is 3.12. The van der Waals surface area contributed by atoms with E-state index >= 15 is 0 Å². The van der Waals surface area contributed by atoms with Crippen molar-refractivity contribution in [2.75, 3.05) is 26.2 Å². The zero-order valence-electron chi connectivity index (χ0n) is 24.7. The van der Waals surface area contributed by atoms with Gasteiger partial charge in [0.2, 0.25) is 5.91 Å². The molecule has 2 heterocycles. The number of carbonyl (C=O) groups excluding carboxylic acids is 1. The minimum atomic E-state index is -0.527. The summed E-state index contributed by atoms with van der Waals surface area (Å²) in [5.74, 6) is 0.539. The fourth-order valence-electron chi connectivity index (χ4n) is 4.43. The van der Waals surface area contributed by atoms with E-state index in [0.717, 1.165) is 29.8 Å². The molecule has 0 saturated heterocycles. The van der Waals surface area contributed by atoms with Gasteiger partial charge in [-0.3, -0.25) is 9.59 Å². The maximum atomic E-state index is 13.8. The fraction of sp³-hybridized carbons (Fsp3) is 0.344. The van der Waals surface area contributed by atoms with Gasteiger partial charge in [0.1, 0.15) is 19.0 Å². The van der Waals surface area contributed by atoms with Crippen LogP contribution in [0.15, 0.2) is 77.1 Å². The van der Waals surface area contributed by atoms with Gasteiger partial charge in [-0.2, -0.15) is 4.98 Å². The molecule has 0 aliphatic rings. The fourth-order valence-corrected chi connectivity index (χ4v) is 5.35. The van der Waals surface area contributed by atoms with E-state index in [1.54, 1.807) is 71.4 Å². The van der Waals surface area contributed by atoms with Crippen LogP contribution in [0, 0.1) is 12.7 Å². The molecule has 43 heavy (non-hydrogen) atoms. The molecule has 11 heteroatoms. The third-order valence-corrected chi connectivity index (χ3v) is 8.16. The molecule has 0 saturated carbocycles. The van der Waals surface area contributed by atoms with Gasteiger partial charge in [-0.15, -0.1) is 0 Å². The first-order valence-electron chi connectivity index (χ1n) is 14.2. The molecular weight excluding hydrogens is 570 g/mol. The normalized spacial score (nSPS) is 11.2. The van der Waals surface area contributed by atoms with Gasteiger partial charge in [-0.05, 0) is 43.3 Å². The number of thioether (sulfide) groups is 1. The summed E-state index contributed by atoms with van der Waals surface area (Å²) >= 11 is 1.32. The summed E-state index contributed by atoms with van der Waals surface area (Å²) in [6, 6.07) is 13.1. The highest BCUT2D eigenvalue weighted by molar-refractivity contribution is 7.98. The van der Waals surface area contributed by atoms with E-state index in [1.165, 1.54) is 23.9 Å². The number of aryl methyl sites for hydroxylation is 1. The third-order valence-electron chi connectivity index (χ3n) is 7.09. The Kier molecular flexibility index (Phi) is 11.5. The summed E-state index contributed by atoms with van der Waals surface area (Å²) in [6.45, 7) is 8.56. The predicted molar refractivity (Wildman–Crippen MR) is 165 cm³/mol. The number of benzene rings is 2. The summed E-state index contributed by atoms with van der Waals surface area (Å²) < 4.78 is 27.9. The van der Waals surface area contributed by atoms with Crippen LogP contribution in [0.25, 0.3) is 11.4 Å². The minimum absolute atomic E-state index is 0.00200. The Hall–Kier alpha value is -3.96. The average Bonchev–Trinajstić information content (AvgIpc) is 3.03. The van der Waals surface area contributed by atoms with Crippen molar-refractivity contribution in [3.05, 3.63) is 106 Å². The van der Waals surface area contributed by atoms with Crippen LogP contribution in [0.4, 0.5) is 8.78 Å². The monoisotopic (exact) mass is 606 g/mol. The lowest BCUT2D eigenvalue weighted by Crippen LogP contribution is -2.40. The van der Waals surface area contributed by atoms with Gasteiger partial charge < -0.3 is 14.4 Å². The first-order valence-corrected chi connectivity index (χ1v) is 15.2. The summed E-state index contributed by atoms with van der Waals surface area (Å²) in [6.07, 6.45) is 5.07. The Balaban J connectivity index is 1.52. The molecule has 4 aromatic rings. The van der Waals surface area contributed by atoms with Gasteiger partial charge in [-0.1, -0.05) is 62.0 Å². The van der Waals surface area contributed by atoms with Gasteiger partial charge in [0.15, 0.2) is 11.0 Å². The first-order chi connectivity index (χ1) is 20.8. The SMILES string of the molecule is CCN(CC)CCN(Cc1cnc(-c2ccc(CF)cc2)nc1)C(=O)Cn1cc(C)c(=O)nc1SCc1ccc(F)cc1. The second-order valence-corrected chi connectivity index (χ2v) is 11.1. The molecule has 0 spiro atoms. The third kappa shape index (κ3) is 9.01. The molecule has 226 valence electrons. The van der Waals surface area contributed by atoms with E-state index < -0.39 is 6.67 Å². The molecular formula is C32H36F2N6O2S. The zero-order chi connectivity index (χ0) is 30.8. The minimum Gasteiger partial charge on any atom is -0.335 e. The highest BCUT2D eigenvalue weighted by Gasteiger charge is 2.19. The molecule has 0 atom stereocenters. The van der Waals surface area contributed by atoms with Crippen molar-refractivity contribution in [3.63, 3.8) is 0 Å². The summed E-state index contributed by atoms with van der Waals surface area (Å²) in [5, 5.41) is 0.420. The van der Waals surface area contributed by atoms with Crippen LogP contribution in [-0.2, 0) is 30.3 Å². The van der Waals surface area contributed by atoms with Crippen molar-refractivity contribution in [1.29, 1.82) is 0 Å². The quantitative estimate of drug-likeness (QED) is 0.143. The van der Waals surface area contributed by atoms with Gasteiger partial charge in [0, 0.05) is 60.7 Å². The van der Waals surface area contributed by atoms with Crippen LogP contribution in [0.1, 0.15) is 36.1 Å². The maximum absolute atomic E-state index is 13.8. The molecule has 8 nitrogen and oxygen atoms in total. The lowest BCUT2D eigenvalue weighted by Gasteiger charge is -2.27. The maximum Gasteiger partial charge on any atom is 0.276 e. The van der Waals surface area contributed by atoms with Crippen molar-refractivity contribution in [2.24, 2.45) is 0 Å². The van der Waals surface area contributed by atoms with Crippen molar-refractivity contribution in [2.45, 2.75) is 51.4 Å². The lowest BCUT2D eigenvalue weighted by molar-refractivity contribution is -0.132. The standard InChI is InChI=1S/C32H36F2N6O2S/c1-4-38(5-2)14-15-39(20-26-17-35-30(36-18-26)27-10-6-24(16-33)7-11-27)29(41)21-40-19-23(3)31(42)37-32(40)43-22-25-8-12-28(34)13-9-25/h6-13,17-19H,4-5,14-16,20-22H2,1-3H3.